The first-order valence-corrected chi connectivity index (χ1v) is 9.02. The molecule has 2 aromatic carbocycles. The second-order valence-electron chi connectivity index (χ2n) is 6.51. The van der Waals surface area contributed by atoms with Crippen molar-refractivity contribution >= 4 is 11.6 Å². The Morgan fingerprint density at radius 3 is 2.69 bits per heavy atom. The molecular formula is C20H21FN2O6. The van der Waals surface area contributed by atoms with Gasteiger partial charge in [0.1, 0.15) is 17.3 Å². The molecule has 1 heterocycles. The topological polar surface area (TPSA) is 91.1 Å². The maximum Gasteiger partial charge on any atom is 0.311 e. The van der Waals surface area contributed by atoms with Crippen LogP contribution in [0.25, 0.3) is 0 Å². The Morgan fingerprint density at radius 2 is 2.00 bits per heavy atom. The summed E-state index contributed by atoms with van der Waals surface area (Å²) in [6.45, 7) is 0.0749. The van der Waals surface area contributed by atoms with Crippen LogP contribution in [0.15, 0.2) is 36.4 Å². The number of carbonyl (C=O) groups excluding carboxylic acids is 1. The Morgan fingerprint density at radius 1 is 1.21 bits per heavy atom. The first-order valence-electron chi connectivity index (χ1n) is 9.02. The van der Waals surface area contributed by atoms with Crippen LogP contribution in [0.1, 0.15) is 24.4 Å². The molecule has 0 aliphatic carbocycles. The van der Waals surface area contributed by atoms with E-state index >= 15 is 0 Å². The molecule has 1 aliphatic heterocycles. The second-order valence-corrected chi connectivity index (χ2v) is 6.51. The third kappa shape index (κ3) is 4.39. The van der Waals surface area contributed by atoms with Gasteiger partial charge in [0.2, 0.25) is 5.75 Å². The number of nitrogens with zero attached hydrogens (tertiary/aromatic N) is 2. The fourth-order valence-electron chi connectivity index (χ4n) is 3.47. The van der Waals surface area contributed by atoms with Crippen LogP contribution in [0, 0.1) is 15.9 Å². The average molecular weight is 404 g/mol. The lowest BCUT2D eigenvalue weighted by Gasteiger charge is -2.26. The third-order valence-corrected chi connectivity index (χ3v) is 4.84. The Balaban J connectivity index is 1.78. The quantitative estimate of drug-likeness (QED) is 0.518. The summed E-state index contributed by atoms with van der Waals surface area (Å²) in [5.41, 5.74) is 0.418. The Kier molecular flexibility index (Phi) is 6.16. The van der Waals surface area contributed by atoms with Crippen LogP contribution >= 0.6 is 0 Å². The smallest absolute Gasteiger partial charge is 0.311 e. The molecule has 154 valence electrons. The van der Waals surface area contributed by atoms with Crippen LogP contribution < -0.4 is 14.2 Å². The Labute approximate surface area is 166 Å². The Hall–Kier alpha value is -3.36. The lowest BCUT2D eigenvalue weighted by molar-refractivity contribution is -0.385. The number of hydrogen-bond donors (Lipinski definition) is 0. The first-order chi connectivity index (χ1) is 13.9. The predicted molar refractivity (Wildman–Crippen MR) is 102 cm³/mol. The van der Waals surface area contributed by atoms with E-state index in [0.29, 0.717) is 18.0 Å². The average Bonchev–Trinajstić information content (AvgIpc) is 3.21. The molecule has 3 rings (SSSR count). The van der Waals surface area contributed by atoms with E-state index in [-0.39, 0.29) is 17.7 Å². The van der Waals surface area contributed by atoms with Crippen molar-refractivity contribution in [2.75, 3.05) is 27.4 Å². The summed E-state index contributed by atoms with van der Waals surface area (Å²) in [5.74, 6) is -0.0314. The molecule has 9 heteroatoms. The van der Waals surface area contributed by atoms with Crippen molar-refractivity contribution in [1.82, 2.24) is 4.90 Å². The van der Waals surface area contributed by atoms with Crippen molar-refractivity contribution in [3.05, 3.63) is 57.9 Å². The summed E-state index contributed by atoms with van der Waals surface area (Å²) in [6.07, 6.45) is 1.52. The van der Waals surface area contributed by atoms with E-state index in [1.807, 2.05) is 6.07 Å². The SMILES string of the molecule is COc1ccc(OC)c(C2CCCN2C(=O)COc2cc(F)ccc2[N+](=O)[O-])c1. The van der Waals surface area contributed by atoms with E-state index in [0.717, 1.165) is 36.6 Å². The van der Waals surface area contributed by atoms with Crippen LogP contribution in [0.2, 0.25) is 0 Å². The molecule has 0 radical (unpaired) electrons. The summed E-state index contributed by atoms with van der Waals surface area (Å²) >= 11 is 0. The van der Waals surface area contributed by atoms with Crippen molar-refractivity contribution in [3.63, 3.8) is 0 Å². The number of ether oxygens (including phenoxy) is 3. The van der Waals surface area contributed by atoms with Gasteiger partial charge in [-0.05, 0) is 37.1 Å². The van der Waals surface area contributed by atoms with E-state index in [1.54, 1.807) is 31.3 Å². The highest BCUT2D eigenvalue weighted by Gasteiger charge is 2.32. The zero-order valence-corrected chi connectivity index (χ0v) is 16.1. The molecule has 1 atom stereocenters. The largest absolute Gasteiger partial charge is 0.497 e. The molecule has 0 bridgehead atoms. The summed E-state index contributed by atoms with van der Waals surface area (Å²) < 4.78 is 29.5. The molecule has 0 spiro atoms. The van der Waals surface area contributed by atoms with Gasteiger partial charge < -0.3 is 19.1 Å². The fourth-order valence-corrected chi connectivity index (χ4v) is 3.47. The molecule has 0 saturated carbocycles. The summed E-state index contributed by atoms with van der Waals surface area (Å²) in [5, 5.41) is 11.1. The lowest BCUT2D eigenvalue weighted by atomic mass is 10.0. The van der Waals surface area contributed by atoms with Crippen molar-refractivity contribution in [2.45, 2.75) is 18.9 Å². The predicted octanol–water partition coefficient (Wildman–Crippen LogP) is 3.49. The van der Waals surface area contributed by atoms with Crippen molar-refractivity contribution < 1.29 is 28.3 Å². The van der Waals surface area contributed by atoms with Crippen LogP contribution in [-0.2, 0) is 4.79 Å². The molecular weight excluding hydrogens is 383 g/mol. The summed E-state index contributed by atoms with van der Waals surface area (Å²) in [7, 11) is 3.11. The van der Waals surface area contributed by atoms with Gasteiger partial charge in [-0.2, -0.15) is 0 Å². The Bertz CT molecular complexity index is 920. The van der Waals surface area contributed by atoms with Gasteiger partial charge in [0.25, 0.3) is 5.91 Å². The van der Waals surface area contributed by atoms with Gasteiger partial charge in [0.05, 0.1) is 25.2 Å². The van der Waals surface area contributed by atoms with Gasteiger partial charge in [-0.25, -0.2) is 4.39 Å². The highest BCUT2D eigenvalue weighted by Crippen LogP contribution is 2.39. The molecule has 1 saturated heterocycles. The molecule has 0 N–H and O–H groups in total. The monoisotopic (exact) mass is 404 g/mol. The minimum absolute atomic E-state index is 0.237. The van der Waals surface area contributed by atoms with E-state index in [9.17, 15) is 19.3 Å². The number of nitro benzene ring substituents is 1. The number of carbonyl (C=O) groups is 1. The normalized spacial score (nSPS) is 15.8. The maximum atomic E-state index is 13.5. The molecule has 8 nitrogen and oxygen atoms in total. The highest BCUT2D eigenvalue weighted by atomic mass is 19.1. The van der Waals surface area contributed by atoms with Gasteiger partial charge in [-0.3, -0.25) is 14.9 Å². The molecule has 1 aliphatic rings. The standard InChI is InChI=1S/C20H21FN2O6/c1-27-14-6-8-18(28-2)15(11-14)16-4-3-9-22(16)20(24)12-29-19-10-13(21)5-7-17(19)23(25)26/h5-8,10-11,16H,3-4,9,12H2,1-2H3. The minimum atomic E-state index is -0.682. The number of hydrogen-bond acceptors (Lipinski definition) is 6. The van der Waals surface area contributed by atoms with Crippen LogP contribution in [-0.4, -0.2) is 43.1 Å². The molecule has 1 amide bonds. The van der Waals surface area contributed by atoms with Crippen LogP contribution in [0.4, 0.5) is 10.1 Å². The van der Waals surface area contributed by atoms with Crippen molar-refractivity contribution in [3.8, 4) is 17.2 Å². The van der Waals surface area contributed by atoms with Gasteiger partial charge >= 0.3 is 5.69 Å². The van der Waals surface area contributed by atoms with Gasteiger partial charge in [-0.15, -0.1) is 0 Å². The molecule has 0 aromatic heterocycles. The lowest BCUT2D eigenvalue weighted by Crippen LogP contribution is -2.34. The number of halogens is 1. The van der Waals surface area contributed by atoms with Crippen LogP contribution in [0.5, 0.6) is 17.2 Å². The maximum absolute atomic E-state index is 13.5. The third-order valence-electron chi connectivity index (χ3n) is 4.84. The van der Waals surface area contributed by atoms with E-state index in [2.05, 4.69) is 0 Å². The summed E-state index contributed by atoms with van der Waals surface area (Å²) in [4.78, 5) is 24.8. The minimum Gasteiger partial charge on any atom is -0.497 e. The molecule has 29 heavy (non-hydrogen) atoms. The van der Waals surface area contributed by atoms with Crippen molar-refractivity contribution in [2.24, 2.45) is 0 Å². The number of nitro groups is 1. The number of methoxy groups -OCH3 is 2. The molecule has 2 aromatic rings. The number of rotatable bonds is 7. The number of benzene rings is 2. The first kappa shape index (κ1) is 20.4. The van der Waals surface area contributed by atoms with Crippen LogP contribution in [0.3, 0.4) is 0 Å². The number of amides is 1. The highest BCUT2D eigenvalue weighted by molar-refractivity contribution is 5.79. The second kappa shape index (κ2) is 8.76. The van der Waals surface area contributed by atoms with Crippen molar-refractivity contribution in [1.29, 1.82) is 0 Å². The molecule has 1 unspecified atom stereocenters. The summed E-state index contributed by atoms with van der Waals surface area (Å²) in [6, 6.07) is 8.02. The fraction of sp³-hybridized carbons (Fsp3) is 0.350. The zero-order valence-electron chi connectivity index (χ0n) is 16.1. The molecule has 1 fully saturated rings. The van der Waals surface area contributed by atoms with E-state index < -0.39 is 23.0 Å². The van der Waals surface area contributed by atoms with E-state index in [4.69, 9.17) is 14.2 Å². The number of likely N-dealkylation sites (tertiary alicyclic amines) is 1. The van der Waals surface area contributed by atoms with Gasteiger partial charge in [-0.1, -0.05) is 0 Å². The zero-order chi connectivity index (χ0) is 21.0. The van der Waals surface area contributed by atoms with Gasteiger partial charge in [0.15, 0.2) is 6.61 Å². The van der Waals surface area contributed by atoms with Gasteiger partial charge in [0, 0.05) is 24.2 Å². The van der Waals surface area contributed by atoms with E-state index in [1.165, 1.54) is 0 Å².